The van der Waals surface area contributed by atoms with Crippen LogP contribution >= 0.6 is 27.7 Å². The van der Waals surface area contributed by atoms with Crippen molar-refractivity contribution in [3.63, 3.8) is 0 Å². The molecule has 0 unspecified atom stereocenters. The van der Waals surface area contributed by atoms with Gasteiger partial charge in [-0.2, -0.15) is 4.98 Å². The van der Waals surface area contributed by atoms with E-state index >= 15 is 0 Å². The Labute approximate surface area is 194 Å². The molecule has 0 fully saturated rings. The molecule has 1 amide bonds. The van der Waals surface area contributed by atoms with Crippen LogP contribution in [0.2, 0.25) is 0 Å². The SMILES string of the molecule is CCSc1nnc2c(n1)O[C@@H](c1ccc(Br)cc1)N(C(=O)CC)c1c(C)cc(C)cc1-2. The molecule has 160 valence electrons. The van der Waals surface area contributed by atoms with Gasteiger partial charge in [-0.05, 0) is 43.4 Å². The van der Waals surface area contributed by atoms with Crippen molar-refractivity contribution in [1.29, 1.82) is 0 Å². The van der Waals surface area contributed by atoms with Crippen LogP contribution in [0.1, 0.15) is 43.2 Å². The highest BCUT2D eigenvalue weighted by molar-refractivity contribution is 9.10. The molecular weight excluding hydrogens is 476 g/mol. The Morgan fingerprint density at radius 1 is 1.16 bits per heavy atom. The van der Waals surface area contributed by atoms with E-state index in [1.54, 1.807) is 4.90 Å². The molecule has 31 heavy (non-hydrogen) atoms. The average molecular weight is 499 g/mol. The summed E-state index contributed by atoms with van der Waals surface area (Å²) in [5, 5.41) is 9.33. The van der Waals surface area contributed by atoms with E-state index in [0.717, 1.165) is 38.2 Å². The fraction of sp³-hybridized carbons (Fsp3) is 0.304. The maximum absolute atomic E-state index is 13.3. The van der Waals surface area contributed by atoms with Crippen LogP contribution in [0, 0.1) is 13.8 Å². The Morgan fingerprint density at radius 2 is 1.90 bits per heavy atom. The Morgan fingerprint density at radius 3 is 2.58 bits per heavy atom. The molecule has 0 aliphatic carbocycles. The molecule has 1 aliphatic heterocycles. The van der Waals surface area contributed by atoms with E-state index in [2.05, 4.69) is 37.2 Å². The highest BCUT2D eigenvalue weighted by atomic mass is 79.9. The number of hydrogen-bond acceptors (Lipinski definition) is 6. The summed E-state index contributed by atoms with van der Waals surface area (Å²) in [6.45, 7) is 7.93. The number of benzene rings is 2. The standard InChI is InChI=1S/C23H23BrN4O2S/c1-5-18(29)28-20-14(4)11-13(3)12-17(20)19-21(25-23(27-26-19)31-6-2)30-22(28)15-7-9-16(24)10-8-15/h7-12,22H,5-6H2,1-4H3/t22-/m0/s1. The van der Waals surface area contributed by atoms with Gasteiger partial charge >= 0.3 is 0 Å². The van der Waals surface area contributed by atoms with E-state index in [-0.39, 0.29) is 5.91 Å². The molecule has 0 saturated carbocycles. The van der Waals surface area contributed by atoms with Crippen molar-refractivity contribution in [1.82, 2.24) is 15.2 Å². The molecule has 6 nitrogen and oxygen atoms in total. The van der Waals surface area contributed by atoms with E-state index in [0.29, 0.717) is 23.2 Å². The first-order chi connectivity index (χ1) is 14.9. The minimum atomic E-state index is -0.668. The van der Waals surface area contributed by atoms with Gasteiger partial charge in [0.15, 0.2) is 5.69 Å². The van der Waals surface area contributed by atoms with Gasteiger partial charge in [-0.25, -0.2) is 0 Å². The molecule has 0 spiro atoms. The highest BCUT2D eigenvalue weighted by Gasteiger charge is 2.36. The van der Waals surface area contributed by atoms with E-state index in [9.17, 15) is 4.79 Å². The third kappa shape index (κ3) is 4.19. The molecule has 4 rings (SSSR count). The molecule has 1 aliphatic rings. The third-order valence-electron chi connectivity index (χ3n) is 5.03. The van der Waals surface area contributed by atoms with Gasteiger partial charge in [-0.3, -0.25) is 9.69 Å². The van der Waals surface area contributed by atoms with Crippen LogP contribution in [-0.2, 0) is 4.79 Å². The van der Waals surface area contributed by atoms with Crippen LogP contribution in [0.5, 0.6) is 5.88 Å². The number of hydrogen-bond donors (Lipinski definition) is 0. The summed E-state index contributed by atoms with van der Waals surface area (Å²) in [5.41, 5.74) is 5.05. The molecule has 8 heteroatoms. The van der Waals surface area contributed by atoms with E-state index in [1.807, 2.05) is 58.0 Å². The van der Waals surface area contributed by atoms with Gasteiger partial charge in [0.2, 0.25) is 23.2 Å². The molecule has 1 aromatic heterocycles. The average Bonchev–Trinajstić information content (AvgIpc) is 2.88. The summed E-state index contributed by atoms with van der Waals surface area (Å²) in [6.07, 6.45) is -0.326. The molecular formula is C23H23BrN4O2S. The number of aryl methyl sites for hydroxylation is 2. The molecule has 0 saturated heterocycles. The summed E-state index contributed by atoms with van der Waals surface area (Å²) < 4.78 is 7.40. The lowest BCUT2D eigenvalue weighted by Crippen LogP contribution is -2.37. The number of aromatic nitrogens is 3. The van der Waals surface area contributed by atoms with Crippen molar-refractivity contribution in [2.45, 2.75) is 45.5 Å². The predicted molar refractivity (Wildman–Crippen MR) is 126 cm³/mol. The van der Waals surface area contributed by atoms with Crippen molar-refractivity contribution in [2.24, 2.45) is 0 Å². The monoisotopic (exact) mass is 498 g/mol. The predicted octanol–water partition coefficient (Wildman–Crippen LogP) is 5.86. The molecule has 2 heterocycles. The van der Waals surface area contributed by atoms with Crippen LogP contribution in [0.4, 0.5) is 5.69 Å². The van der Waals surface area contributed by atoms with Gasteiger partial charge in [-0.15, -0.1) is 10.2 Å². The molecule has 0 bridgehead atoms. The minimum Gasteiger partial charge on any atom is -0.447 e. The lowest BCUT2D eigenvalue weighted by molar-refractivity contribution is -0.120. The second kappa shape index (κ2) is 8.96. The first-order valence-electron chi connectivity index (χ1n) is 10.2. The number of rotatable bonds is 4. The topological polar surface area (TPSA) is 68.2 Å². The number of halogens is 1. The molecule has 1 atom stereocenters. The summed E-state index contributed by atoms with van der Waals surface area (Å²) in [4.78, 5) is 19.7. The van der Waals surface area contributed by atoms with Crippen LogP contribution in [-0.4, -0.2) is 26.8 Å². The van der Waals surface area contributed by atoms with Gasteiger partial charge in [0.25, 0.3) is 0 Å². The van der Waals surface area contributed by atoms with E-state index < -0.39 is 6.23 Å². The maximum atomic E-state index is 13.3. The third-order valence-corrected chi connectivity index (χ3v) is 6.28. The number of carbonyl (C=O) groups is 1. The molecule has 0 N–H and O–H groups in total. The van der Waals surface area contributed by atoms with Crippen molar-refractivity contribution in [2.75, 3.05) is 10.7 Å². The Hall–Kier alpha value is -2.45. The number of fused-ring (bicyclic) bond motifs is 3. The normalized spacial score (nSPS) is 15.0. The van der Waals surface area contributed by atoms with Gasteiger partial charge in [-0.1, -0.05) is 65.3 Å². The number of thioether (sulfide) groups is 1. The maximum Gasteiger partial charge on any atom is 0.247 e. The van der Waals surface area contributed by atoms with Crippen molar-refractivity contribution >= 4 is 39.3 Å². The lowest BCUT2D eigenvalue weighted by Gasteiger charge is -2.32. The van der Waals surface area contributed by atoms with Crippen LogP contribution in [0.25, 0.3) is 11.3 Å². The number of anilines is 1. The van der Waals surface area contributed by atoms with Crippen molar-refractivity contribution in [3.8, 4) is 17.1 Å². The quantitative estimate of drug-likeness (QED) is 0.419. The Kier molecular flexibility index (Phi) is 6.29. The fourth-order valence-electron chi connectivity index (χ4n) is 3.75. The molecule has 2 aromatic carbocycles. The zero-order valence-electron chi connectivity index (χ0n) is 17.8. The van der Waals surface area contributed by atoms with Gasteiger partial charge in [0, 0.05) is 22.0 Å². The largest absolute Gasteiger partial charge is 0.447 e. The second-order valence-corrected chi connectivity index (χ2v) is 9.45. The van der Waals surface area contributed by atoms with Gasteiger partial charge < -0.3 is 4.74 Å². The second-order valence-electron chi connectivity index (χ2n) is 7.30. The molecule has 3 aromatic rings. The van der Waals surface area contributed by atoms with E-state index in [4.69, 9.17) is 4.74 Å². The first-order valence-corrected chi connectivity index (χ1v) is 11.9. The number of carbonyl (C=O) groups excluding carboxylic acids is 1. The summed E-state index contributed by atoms with van der Waals surface area (Å²) in [5.74, 6) is 1.17. The zero-order chi connectivity index (χ0) is 22.1. The summed E-state index contributed by atoms with van der Waals surface area (Å²) >= 11 is 4.99. The van der Waals surface area contributed by atoms with Crippen molar-refractivity contribution in [3.05, 3.63) is 57.6 Å². The smallest absolute Gasteiger partial charge is 0.247 e. The van der Waals surface area contributed by atoms with E-state index in [1.165, 1.54) is 11.8 Å². The van der Waals surface area contributed by atoms with Crippen molar-refractivity contribution < 1.29 is 9.53 Å². The Balaban J connectivity index is 2.01. The molecule has 0 radical (unpaired) electrons. The number of ether oxygens (including phenoxy) is 1. The van der Waals surface area contributed by atoms with Crippen LogP contribution < -0.4 is 9.64 Å². The van der Waals surface area contributed by atoms with Gasteiger partial charge in [0.05, 0.1) is 5.69 Å². The number of amides is 1. The van der Waals surface area contributed by atoms with Crippen LogP contribution in [0.3, 0.4) is 0 Å². The zero-order valence-corrected chi connectivity index (χ0v) is 20.2. The number of nitrogens with zero attached hydrogens (tertiary/aromatic N) is 4. The summed E-state index contributed by atoms with van der Waals surface area (Å²) in [7, 11) is 0. The first kappa shape index (κ1) is 21.8. The minimum absolute atomic E-state index is 0.0370. The summed E-state index contributed by atoms with van der Waals surface area (Å²) in [6, 6.07) is 11.9. The van der Waals surface area contributed by atoms with Crippen LogP contribution in [0.15, 0.2) is 46.0 Å². The lowest BCUT2D eigenvalue weighted by atomic mass is 10.00. The van der Waals surface area contributed by atoms with Gasteiger partial charge in [0.1, 0.15) is 0 Å². The highest BCUT2D eigenvalue weighted by Crippen LogP contribution is 2.45. The fourth-order valence-corrected chi connectivity index (χ4v) is 4.51. The Bertz CT molecular complexity index is 1140.